The van der Waals surface area contributed by atoms with Gasteiger partial charge in [0, 0.05) is 17.4 Å². The molecule has 1 aromatic heterocycles. The number of urea groups is 1. The number of hydrogen-bond donors (Lipinski definition) is 1. The Morgan fingerprint density at radius 1 is 1.55 bits per heavy atom. The first-order valence-corrected chi connectivity index (χ1v) is 8.73. The normalized spacial score (nSPS) is 27.1. The van der Waals surface area contributed by atoms with E-state index in [0.717, 1.165) is 30.7 Å². The molecule has 2 aliphatic rings. The van der Waals surface area contributed by atoms with E-state index in [-0.39, 0.29) is 23.9 Å². The first-order chi connectivity index (χ1) is 10.6. The Kier molecular flexibility index (Phi) is 4.42. The maximum Gasteiger partial charge on any atom is 0.324 e. The predicted octanol–water partition coefficient (Wildman–Crippen LogP) is 2.51. The number of thioether (sulfide) groups is 1. The van der Waals surface area contributed by atoms with Crippen molar-refractivity contribution in [1.29, 1.82) is 0 Å². The molecule has 1 aromatic rings. The number of carbonyl (C=O) groups excluding carboxylic acids is 2. The van der Waals surface area contributed by atoms with Crippen LogP contribution < -0.4 is 10.2 Å². The molecule has 2 saturated heterocycles. The van der Waals surface area contributed by atoms with Gasteiger partial charge in [0.25, 0.3) is 0 Å². The van der Waals surface area contributed by atoms with Gasteiger partial charge < -0.3 is 14.5 Å². The average Bonchev–Trinajstić information content (AvgIpc) is 3.11. The van der Waals surface area contributed by atoms with Crippen LogP contribution in [0.15, 0.2) is 10.8 Å². The van der Waals surface area contributed by atoms with E-state index in [2.05, 4.69) is 10.3 Å². The molecule has 2 amide bonds. The third-order valence-corrected chi connectivity index (χ3v) is 5.83. The molecule has 0 spiro atoms. The minimum absolute atomic E-state index is 0.0936. The number of amides is 2. The molecule has 0 saturated carbocycles. The molecule has 0 radical (unpaired) electrons. The number of aromatic nitrogens is 1. The number of carbonyl (C=O) groups is 2. The summed E-state index contributed by atoms with van der Waals surface area (Å²) >= 11 is 1.90. The van der Waals surface area contributed by atoms with Gasteiger partial charge in [0.2, 0.25) is 5.88 Å². The van der Waals surface area contributed by atoms with Crippen LogP contribution in [0, 0.1) is 6.92 Å². The number of anilines is 1. The third kappa shape index (κ3) is 2.86. The van der Waals surface area contributed by atoms with Gasteiger partial charge >= 0.3 is 6.03 Å². The Balaban J connectivity index is 1.62. The van der Waals surface area contributed by atoms with Gasteiger partial charge in [-0.1, -0.05) is 6.42 Å². The summed E-state index contributed by atoms with van der Waals surface area (Å²) < 4.78 is 5.39. The Morgan fingerprint density at radius 2 is 2.36 bits per heavy atom. The van der Waals surface area contributed by atoms with Crippen molar-refractivity contribution in [2.24, 2.45) is 0 Å². The molecule has 3 atom stereocenters. The van der Waals surface area contributed by atoms with Crippen LogP contribution in [-0.2, 0) is 4.79 Å². The summed E-state index contributed by atoms with van der Waals surface area (Å²) in [6.07, 6.45) is 5.02. The maximum absolute atomic E-state index is 12.3. The van der Waals surface area contributed by atoms with Crippen molar-refractivity contribution in [3.63, 3.8) is 0 Å². The lowest BCUT2D eigenvalue weighted by atomic mass is 10.0. The largest absolute Gasteiger partial charge is 0.427 e. The first kappa shape index (κ1) is 15.4. The average molecular weight is 323 g/mol. The van der Waals surface area contributed by atoms with Crippen LogP contribution in [0.1, 0.15) is 38.3 Å². The smallest absolute Gasteiger partial charge is 0.324 e. The Labute approximate surface area is 134 Å². The zero-order chi connectivity index (χ0) is 15.7. The molecule has 3 heterocycles. The van der Waals surface area contributed by atoms with Crippen molar-refractivity contribution < 1.29 is 14.0 Å². The van der Waals surface area contributed by atoms with E-state index in [9.17, 15) is 9.59 Å². The molecule has 3 unspecified atom stereocenters. The molecular formula is C15H21N3O3S. The zero-order valence-electron chi connectivity index (χ0n) is 12.9. The molecule has 0 bridgehead atoms. The van der Waals surface area contributed by atoms with E-state index < -0.39 is 0 Å². The number of hydrogen-bond acceptors (Lipinski definition) is 5. The number of fused-ring (bicyclic) bond motifs is 1. The summed E-state index contributed by atoms with van der Waals surface area (Å²) in [5.41, 5.74) is 0.741. The van der Waals surface area contributed by atoms with Gasteiger partial charge in [0.05, 0.1) is 12.1 Å². The highest BCUT2D eigenvalue weighted by Gasteiger charge is 2.49. The summed E-state index contributed by atoms with van der Waals surface area (Å²) in [7, 11) is 0. The fourth-order valence-electron chi connectivity index (χ4n) is 3.22. The highest BCUT2D eigenvalue weighted by Crippen LogP contribution is 2.39. The summed E-state index contributed by atoms with van der Waals surface area (Å²) in [5.74, 6) is 1.71. The molecule has 1 N–H and O–H groups in total. The van der Waals surface area contributed by atoms with Gasteiger partial charge in [0.15, 0.2) is 6.39 Å². The van der Waals surface area contributed by atoms with Crippen molar-refractivity contribution in [1.82, 2.24) is 10.3 Å². The second kappa shape index (κ2) is 6.32. The standard InChI is InChI=1S/C15H21N3O3S/c1-9(19)5-3-4-6-12-13-11(7-22-12)18(15(20)17-13)14-10(2)16-8-21-14/h8,11-13H,3-7H2,1-2H3,(H,17,20). The topological polar surface area (TPSA) is 75.4 Å². The number of nitrogens with zero attached hydrogens (tertiary/aromatic N) is 2. The predicted molar refractivity (Wildman–Crippen MR) is 85.2 cm³/mol. The molecule has 0 aliphatic carbocycles. The molecule has 3 rings (SSSR count). The van der Waals surface area contributed by atoms with Crippen molar-refractivity contribution >= 4 is 29.5 Å². The van der Waals surface area contributed by atoms with Crippen LogP contribution >= 0.6 is 11.8 Å². The lowest BCUT2D eigenvalue weighted by molar-refractivity contribution is -0.117. The minimum Gasteiger partial charge on any atom is -0.427 e. The SMILES string of the molecule is CC(=O)CCCCC1SCC2C1NC(=O)N2c1ocnc1C. The lowest BCUT2D eigenvalue weighted by Crippen LogP contribution is -2.38. The number of nitrogens with one attached hydrogen (secondary N) is 1. The van der Waals surface area contributed by atoms with E-state index in [1.54, 1.807) is 11.8 Å². The summed E-state index contributed by atoms with van der Waals surface area (Å²) in [6, 6.07) is 0.185. The van der Waals surface area contributed by atoms with Gasteiger partial charge in [-0.3, -0.25) is 4.90 Å². The van der Waals surface area contributed by atoms with E-state index >= 15 is 0 Å². The van der Waals surface area contributed by atoms with Gasteiger partial charge in [0.1, 0.15) is 11.5 Å². The fourth-order valence-corrected chi connectivity index (χ4v) is 4.81. The van der Waals surface area contributed by atoms with Gasteiger partial charge in [-0.15, -0.1) is 0 Å². The first-order valence-electron chi connectivity index (χ1n) is 7.69. The van der Waals surface area contributed by atoms with E-state index in [1.165, 1.54) is 6.39 Å². The number of ketones is 1. The van der Waals surface area contributed by atoms with E-state index in [4.69, 9.17) is 4.42 Å². The quantitative estimate of drug-likeness (QED) is 0.643. The van der Waals surface area contributed by atoms with Crippen LogP contribution in [0.4, 0.5) is 10.7 Å². The maximum atomic E-state index is 12.3. The molecule has 7 heteroatoms. The summed E-state index contributed by atoms with van der Waals surface area (Å²) in [5, 5.41) is 3.50. The Hall–Kier alpha value is -1.50. The molecule has 120 valence electrons. The molecule has 2 aliphatic heterocycles. The molecule has 6 nitrogen and oxygen atoms in total. The number of Topliss-reactive ketones (excluding diaryl/α,β-unsaturated/α-hetero) is 1. The Bertz CT molecular complexity index is 574. The van der Waals surface area contributed by atoms with Crippen LogP contribution in [-0.4, -0.2) is 39.9 Å². The highest BCUT2D eigenvalue weighted by atomic mass is 32.2. The molecule has 0 aromatic carbocycles. The van der Waals surface area contributed by atoms with Crippen LogP contribution in [0.25, 0.3) is 0 Å². The summed E-state index contributed by atoms with van der Waals surface area (Å²) in [6.45, 7) is 3.48. The van der Waals surface area contributed by atoms with Crippen molar-refractivity contribution in [3.05, 3.63) is 12.1 Å². The molecular weight excluding hydrogens is 302 g/mol. The number of aryl methyl sites for hydroxylation is 1. The Morgan fingerprint density at radius 3 is 3.05 bits per heavy atom. The van der Waals surface area contributed by atoms with Gasteiger partial charge in [-0.05, 0) is 26.7 Å². The number of rotatable bonds is 6. The van der Waals surface area contributed by atoms with Crippen LogP contribution in [0.3, 0.4) is 0 Å². The van der Waals surface area contributed by atoms with E-state index in [0.29, 0.717) is 17.6 Å². The fraction of sp³-hybridized carbons (Fsp3) is 0.667. The summed E-state index contributed by atoms with van der Waals surface area (Å²) in [4.78, 5) is 29.1. The number of oxazole rings is 1. The second-order valence-electron chi connectivity index (χ2n) is 5.98. The zero-order valence-corrected chi connectivity index (χ0v) is 13.7. The van der Waals surface area contributed by atoms with Crippen molar-refractivity contribution in [3.8, 4) is 0 Å². The van der Waals surface area contributed by atoms with Gasteiger partial charge in [-0.25, -0.2) is 9.78 Å². The second-order valence-corrected chi connectivity index (χ2v) is 7.25. The van der Waals surface area contributed by atoms with Crippen LogP contribution in [0.5, 0.6) is 0 Å². The minimum atomic E-state index is -0.0936. The van der Waals surface area contributed by atoms with E-state index in [1.807, 2.05) is 18.7 Å². The molecule has 22 heavy (non-hydrogen) atoms. The monoisotopic (exact) mass is 323 g/mol. The number of unbranched alkanes of at least 4 members (excludes halogenated alkanes) is 1. The van der Waals surface area contributed by atoms with Gasteiger partial charge in [-0.2, -0.15) is 11.8 Å². The third-order valence-electron chi connectivity index (χ3n) is 4.34. The molecule has 2 fully saturated rings. The van der Waals surface area contributed by atoms with Crippen LogP contribution in [0.2, 0.25) is 0 Å². The highest BCUT2D eigenvalue weighted by molar-refractivity contribution is 8.00. The van der Waals surface area contributed by atoms with Crippen molar-refractivity contribution in [2.45, 2.75) is 56.9 Å². The lowest BCUT2D eigenvalue weighted by Gasteiger charge is -2.19. The van der Waals surface area contributed by atoms with Crippen molar-refractivity contribution in [2.75, 3.05) is 10.7 Å².